The quantitative estimate of drug-likeness (QED) is 0.845. The van der Waals surface area contributed by atoms with Gasteiger partial charge in [0.05, 0.1) is 18.8 Å². The third-order valence-electron chi connectivity index (χ3n) is 4.58. The van der Waals surface area contributed by atoms with Crippen LogP contribution in [0.2, 0.25) is 5.02 Å². The van der Waals surface area contributed by atoms with Gasteiger partial charge in [0, 0.05) is 22.7 Å². The minimum Gasteiger partial charge on any atom is -0.493 e. The molecule has 0 saturated heterocycles. The van der Waals surface area contributed by atoms with E-state index in [1.165, 1.54) is 35.4 Å². The molecule has 0 unspecified atom stereocenters. The summed E-state index contributed by atoms with van der Waals surface area (Å²) in [5.74, 6) is 2.14. The van der Waals surface area contributed by atoms with Crippen molar-refractivity contribution in [3.05, 3.63) is 45.5 Å². The van der Waals surface area contributed by atoms with Gasteiger partial charge in [0.15, 0.2) is 0 Å². The number of ether oxygens (including phenoxy) is 1. The maximum absolute atomic E-state index is 6.27. The van der Waals surface area contributed by atoms with E-state index in [-0.39, 0.29) is 0 Å². The number of aromatic nitrogens is 2. The number of aryl methyl sites for hydroxylation is 2. The highest BCUT2D eigenvalue weighted by atomic mass is 35.5. The molecule has 1 aromatic carbocycles. The van der Waals surface area contributed by atoms with Crippen LogP contribution in [0.15, 0.2) is 12.1 Å². The molecule has 4 rings (SSSR count). The third kappa shape index (κ3) is 2.24. The maximum Gasteiger partial charge on any atom is 0.127 e. The summed E-state index contributed by atoms with van der Waals surface area (Å²) >= 11 is 6.27. The first-order chi connectivity index (χ1) is 10.2. The third-order valence-corrected chi connectivity index (χ3v) is 4.80. The molecule has 0 atom stereocenters. The molecule has 1 aromatic heterocycles. The number of hydrogen-bond donors (Lipinski definition) is 0. The van der Waals surface area contributed by atoms with Crippen molar-refractivity contribution in [2.45, 2.75) is 45.6 Å². The lowest BCUT2D eigenvalue weighted by atomic mass is 10.0. The van der Waals surface area contributed by atoms with E-state index in [2.05, 4.69) is 11.5 Å². The number of halogens is 1. The fourth-order valence-corrected chi connectivity index (χ4v) is 3.84. The van der Waals surface area contributed by atoms with E-state index in [4.69, 9.17) is 21.3 Å². The van der Waals surface area contributed by atoms with E-state index in [1.807, 2.05) is 12.1 Å². The number of rotatable bonds is 2. The number of hydrogen-bond acceptors (Lipinski definition) is 2. The highest BCUT2D eigenvalue weighted by Crippen LogP contribution is 2.34. The van der Waals surface area contributed by atoms with E-state index in [9.17, 15) is 0 Å². The molecule has 4 heteroatoms. The van der Waals surface area contributed by atoms with Gasteiger partial charge in [-0.2, -0.15) is 0 Å². The minimum absolute atomic E-state index is 0.768. The highest BCUT2D eigenvalue weighted by molar-refractivity contribution is 6.30. The molecular formula is C17H19ClN2O. The van der Waals surface area contributed by atoms with E-state index in [0.29, 0.717) is 0 Å². The van der Waals surface area contributed by atoms with Gasteiger partial charge in [0.1, 0.15) is 11.6 Å². The van der Waals surface area contributed by atoms with Crippen molar-refractivity contribution in [2.75, 3.05) is 6.61 Å². The van der Waals surface area contributed by atoms with Crippen LogP contribution in [0.4, 0.5) is 0 Å². The van der Waals surface area contributed by atoms with Crippen LogP contribution in [0.5, 0.6) is 5.75 Å². The van der Waals surface area contributed by atoms with Gasteiger partial charge >= 0.3 is 0 Å². The van der Waals surface area contributed by atoms with Crippen LogP contribution in [0.25, 0.3) is 0 Å². The molecule has 0 bridgehead atoms. The van der Waals surface area contributed by atoms with Gasteiger partial charge in [-0.15, -0.1) is 0 Å². The molecule has 0 radical (unpaired) electrons. The molecule has 0 N–H and O–H groups in total. The van der Waals surface area contributed by atoms with Crippen molar-refractivity contribution < 1.29 is 4.74 Å². The standard InChI is InChI=1S/C17H19ClN2O/c1-11-19-15-4-2-3-5-16(15)20(11)10-13-9-14(18)8-12-6-7-21-17(12)13/h8-9H,2-7,10H2,1H3. The smallest absolute Gasteiger partial charge is 0.127 e. The Labute approximate surface area is 129 Å². The number of nitrogens with zero attached hydrogens (tertiary/aromatic N) is 2. The summed E-state index contributed by atoms with van der Waals surface area (Å²) in [5, 5.41) is 0.806. The molecular weight excluding hydrogens is 284 g/mol. The Bertz CT molecular complexity index is 705. The Morgan fingerprint density at radius 3 is 3.00 bits per heavy atom. The summed E-state index contributed by atoms with van der Waals surface area (Å²) in [5.41, 5.74) is 5.12. The lowest BCUT2D eigenvalue weighted by Gasteiger charge is -2.16. The van der Waals surface area contributed by atoms with Crippen molar-refractivity contribution in [1.29, 1.82) is 0 Å². The van der Waals surface area contributed by atoms with Crippen LogP contribution >= 0.6 is 11.6 Å². The molecule has 2 aromatic rings. The van der Waals surface area contributed by atoms with Gasteiger partial charge in [0.25, 0.3) is 0 Å². The Balaban J connectivity index is 1.76. The molecule has 1 aliphatic carbocycles. The Morgan fingerprint density at radius 1 is 1.24 bits per heavy atom. The van der Waals surface area contributed by atoms with Gasteiger partial charge in [-0.05, 0) is 50.3 Å². The molecule has 110 valence electrons. The summed E-state index contributed by atoms with van der Waals surface area (Å²) in [7, 11) is 0. The zero-order valence-electron chi connectivity index (χ0n) is 12.3. The molecule has 0 amide bonds. The second-order valence-corrected chi connectivity index (χ2v) is 6.43. The molecule has 0 saturated carbocycles. The van der Waals surface area contributed by atoms with E-state index in [0.717, 1.165) is 49.0 Å². The van der Waals surface area contributed by atoms with Crippen LogP contribution in [-0.4, -0.2) is 16.2 Å². The van der Waals surface area contributed by atoms with Crippen molar-refractivity contribution in [3.8, 4) is 5.75 Å². The minimum atomic E-state index is 0.768. The average molecular weight is 303 g/mol. The predicted octanol–water partition coefficient (Wildman–Crippen LogP) is 3.71. The number of benzene rings is 1. The summed E-state index contributed by atoms with van der Waals surface area (Å²) in [6, 6.07) is 4.07. The molecule has 21 heavy (non-hydrogen) atoms. The van der Waals surface area contributed by atoms with Crippen LogP contribution in [0, 0.1) is 6.92 Å². The Morgan fingerprint density at radius 2 is 2.10 bits per heavy atom. The average Bonchev–Trinajstić information content (AvgIpc) is 3.04. The van der Waals surface area contributed by atoms with Gasteiger partial charge < -0.3 is 9.30 Å². The number of imidazole rings is 1. The van der Waals surface area contributed by atoms with Gasteiger partial charge in [0.2, 0.25) is 0 Å². The van der Waals surface area contributed by atoms with Crippen molar-refractivity contribution >= 4 is 11.6 Å². The summed E-state index contributed by atoms with van der Waals surface area (Å²) < 4.78 is 8.17. The summed E-state index contributed by atoms with van der Waals surface area (Å²) in [6.07, 6.45) is 5.75. The fraction of sp³-hybridized carbons (Fsp3) is 0.471. The summed E-state index contributed by atoms with van der Waals surface area (Å²) in [4.78, 5) is 4.75. The monoisotopic (exact) mass is 302 g/mol. The second kappa shape index (κ2) is 5.06. The van der Waals surface area contributed by atoms with E-state index >= 15 is 0 Å². The van der Waals surface area contributed by atoms with Gasteiger partial charge in [-0.3, -0.25) is 0 Å². The molecule has 2 heterocycles. The molecule has 0 spiro atoms. The van der Waals surface area contributed by atoms with Crippen LogP contribution in [0.3, 0.4) is 0 Å². The summed E-state index contributed by atoms with van der Waals surface area (Å²) in [6.45, 7) is 3.69. The molecule has 0 fully saturated rings. The first kappa shape index (κ1) is 13.2. The fourth-order valence-electron chi connectivity index (χ4n) is 3.58. The normalized spacial score (nSPS) is 16.5. The first-order valence-corrected chi connectivity index (χ1v) is 8.09. The van der Waals surface area contributed by atoms with Crippen LogP contribution in [-0.2, 0) is 25.8 Å². The molecule has 1 aliphatic heterocycles. The van der Waals surface area contributed by atoms with E-state index < -0.39 is 0 Å². The van der Waals surface area contributed by atoms with Gasteiger partial charge in [-0.25, -0.2) is 4.98 Å². The Kier molecular flexibility index (Phi) is 3.18. The zero-order chi connectivity index (χ0) is 14.4. The zero-order valence-corrected chi connectivity index (χ0v) is 13.0. The lowest BCUT2D eigenvalue weighted by Crippen LogP contribution is -2.11. The van der Waals surface area contributed by atoms with Crippen LogP contribution in [0.1, 0.15) is 41.2 Å². The lowest BCUT2D eigenvalue weighted by molar-refractivity contribution is 0.352. The SMILES string of the molecule is Cc1nc2c(n1Cc1cc(Cl)cc3c1OCC3)CCCC2. The predicted molar refractivity (Wildman–Crippen MR) is 83.4 cm³/mol. The molecule has 2 aliphatic rings. The highest BCUT2D eigenvalue weighted by Gasteiger charge is 2.22. The van der Waals surface area contributed by atoms with Gasteiger partial charge in [-0.1, -0.05) is 11.6 Å². The van der Waals surface area contributed by atoms with Crippen molar-refractivity contribution in [1.82, 2.24) is 9.55 Å². The molecule has 3 nitrogen and oxygen atoms in total. The largest absolute Gasteiger partial charge is 0.493 e. The first-order valence-electron chi connectivity index (χ1n) is 7.71. The topological polar surface area (TPSA) is 27.1 Å². The van der Waals surface area contributed by atoms with E-state index in [1.54, 1.807) is 0 Å². The second-order valence-electron chi connectivity index (χ2n) is 6.00. The number of fused-ring (bicyclic) bond motifs is 2. The van der Waals surface area contributed by atoms with Crippen molar-refractivity contribution in [3.63, 3.8) is 0 Å². The van der Waals surface area contributed by atoms with Crippen LogP contribution < -0.4 is 4.74 Å². The Hall–Kier alpha value is -1.48. The van der Waals surface area contributed by atoms with Crippen molar-refractivity contribution in [2.24, 2.45) is 0 Å². The maximum atomic E-state index is 6.27.